The molecule has 2 aromatic carbocycles. The number of quaternary nitrogens is 1. The van der Waals surface area contributed by atoms with Gasteiger partial charge in [0.25, 0.3) is 0 Å². The number of para-hydroxylation sites is 4. The topological polar surface area (TPSA) is 72.8 Å². The monoisotopic (exact) mass is 367 g/mol. The number of aryl methyl sites for hydroxylation is 1. The number of amides is 1. The molecular formula is C21H27N4O2+. The Morgan fingerprint density at radius 1 is 1.22 bits per heavy atom. The number of anilines is 1. The Bertz CT molecular complexity index is 891. The fourth-order valence-electron chi connectivity index (χ4n) is 3.18. The Morgan fingerprint density at radius 2 is 2.00 bits per heavy atom. The van der Waals surface area contributed by atoms with Crippen molar-refractivity contribution in [3.8, 4) is 5.75 Å². The van der Waals surface area contributed by atoms with Gasteiger partial charge in [0.15, 0.2) is 0 Å². The molecule has 0 spiro atoms. The van der Waals surface area contributed by atoms with Gasteiger partial charge in [-0.25, -0.2) is 4.98 Å². The highest BCUT2D eigenvalue weighted by atomic mass is 16.5. The van der Waals surface area contributed by atoms with E-state index in [-0.39, 0.29) is 11.9 Å². The normalized spacial score (nSPS) is 12.1. The molecular weight excluding hydrogens is 340 g/mol. The molecule has 3 aromatic rings. The van der Waals surface area contributed by atoms with Gasteiger partial charge in [0.05, 0.1) is 49.2 Å². The van der Waals surface area contributed by atoms with Crippen LogP contribution in [0.15, 0.2) is 54.9 Å². The van der Waals surface area contributed by atoms with Crippen LogP contribution in [-0.4, -0.2) is 35.2 Å². The third-order valence-electron chi connectivity index (χ3n) is 4.59. The average Bonchev–Trinajstić information content (AvgIpc) is 3.09. The lowest BCUT2D eigenvalue weighted by atomic mass is 10.2. The van der Waals surface area contributed by atoms with Gasteiger partial charge >= 0.3 is 0 Å². The summed E-state index contributed by atoms with van der Waals surface area (Å²) in [6.07, 6.45) is 3.39. The zero-order valence-corrected chi connectivity index (χ0v) is 15.9. The number of nitrogens with two attached hydrogens (primary N) is 1. The molecule has 0 saturated heterocycles. The number of benzene rings is 2. The van der Waals surface area contributed by atoms with E-state index in [1.54, 1.807) is 7.11 Å². The lowest BCUT2D eigenvalue weighted by Gasteiger charge is -2.13. The maximum absolute atomic E-state index is 12.3. The highest BCUT2D eigenvalue weighted by Gasteiger charge is 2.13. The van der Waals surface area contributed by atoms with Crippen molar-refractivity contribution in [3.63, 3.8) is 0 Å². The molecule has 1 heterocycles. The van der Waals surface area contributed by atoms with Crippen LogP contribution in [-0.2, 0) is 11.3 Å². The average molecular weight is 367 g/mol. The number of imidazole rings is 1. The lowest BCUT2D eigenvalue weighted by Crippen LogP contribution is -2.89. The van der Waals surface area contributed by atoms with Gasteiger partial charge in [-0.1, -0.05) is 24.3 Å². The highest BCUT2D eigenvalue weighted by molar-refractivity contribution is 5.92. The Labute approximate surface area is 159 Å². The first-order valence-corrected chi connectivity index (χ1v) is 9.33. The number of aromatic nitrogens is 2. The number of ether oxygens (including phenoxy) is 1. The molecule has 0 radical (unpaired) electrons. The molecule has 0 fully saturated rings. The Hall–Kier alpha value is -2.86. The van der Waals surface area contributed by atoms with Crippen LogP contribution in [0.1, 0.15) is 19.8 Å². The van der Waals surface area contributed by atoms with Gasteiger partial charge in [-0.3, -0.25) is 4.79 Å². The molecule has 142 valence electrons. The van der Waals surface area contributed by atoms with Crippen LogP contribution in [0.25, 0.3) is 11.0 Å². The SMILES string of the molecule is COc1ccccc1NC(=O)C[C@@H](C)[NH2+]CCCn1cnc2ccccc21. The van der Waals surface area contributed by atoms with Crippen LogP contribution in [0.4, 0.5) is 5.69 Å². The summed E-state index contributed by atoms with van der Waals surface area (Å²) >= 11 is 0. The molecule has 27 heavy (non-hydrogen) atoms. The van der Waals surface area contributed by atoms with Gasteiger partial charge in [-0.15, -0.1) is 0 Å². The van der Waals surface area contributed by atoms with Crippen molar-refractivity contribution in [2.24, 2.45) is 0 Å². The predicted molar refractivity (Wildman–Crippen MR) is 107 cm³/mol. The van der Waals surface area contributed by atoms with Crippen molar-refractivity contribution in [1.82, 2.24) is 9.55 Å². The predicted octanol–water partition coefficient (Wildman–Crippen LogP) is 2.42. The summed E-state index contributed by atoms with van der Waals surface area (Å²) in [5, 5.41) is 5.15. The molecule has 6 heteroatoms. The van der Waals surface area contributed by atoms with E-state index in [4.69, 9.17) is 4.74 Å². The van der Waals surface area contributed by atoms with Crippen LogP contribution in [0.5, 0.6) is 5.75 Å². The van der Waals surface area contributed by atoms with Crippen molar-refractivity contribution >= 4 is 22.6 Å². The van der Waals surface area contributed by atoms with E-state index in [2.05, 4.69) is 33.2 Å². The van der Waals surface area contributed by atoms with Crippen molar-refractivity contribution in [2.45, 2.75) is 32.4 Å². The summed E-state index contributed by atoms with van der Waals surface area (Å²) in [6, 6.07) is 15.8. The minimum Gasteiger partial charge on any atom is -0.495 e. The number of carbonyl (C=O) groups is 1. The first-order valence-electron chi connectivity index (χ1n) is 9.33. The summed E-state index contributed by atoms with van der Waals surface area (Å²) in [6.45, 7) is 3.97. The van der Waals surface area contributed by atoms with E-state index < -0.39 is 0 Å². The van der Waals surface area contributed by atoms with Crippen molar-refractivity contribution in [1.29, 1.82) is 0 Å². The van der Waals surface area contributed by atoms with E-state index >= 15 is 0 Å². The van der Waals surface area contributed by atoms with Crippen LogP contribution >= 0.6 is 0 Å². The first kappa shape index (κ1) is 18.9. The van der Waals surface area contributed by atoms with Crippen LogP contribution in [0.3, 0.4) is 0 Å². The van der Waals surface area contributed by atoms with E-state index in [0.29, 0.717) is 17.9 Å². The Balaban J connectivity index is 1.40. The second kappa shape index (κ2) is 9.19. The standard InChI is InChI=1S/C21H26N4O2/c1-16(14-21(26)24-18-9-4-6-11-20(18)27-2)22-12-7-13-25-15-23-17-8-3-5-10-19(17)25/h3-6,8-11,15-16,22H,7,12-14H2,1-2H3,(H,24,26)/p+1/t16-/m1/s1. The van der Waals surface area contributed by atoms with Gasteiger partial charge in [0.1, 0.15) is 5.75 Å². The minimum absolute atomic E-state index is 0.00357. The number of nitrogens with zero attached hydrogens (tertiary/aromatic N) is 2. The third-order valence-corrected chi connectivity index (χ3v) is 4.59. The number of rotatable bonds is 9. The number of hydrogen-bond acceptors (Lipinski definition) is 3. The fourth-order valence-corrected chi connectivity index (χ4v) is 3.18. The number of fused-ring (bicyclic) bond motifs is 1. The van der Waals surface area contributed by atoms with Crippen molar-refractivity contribution < 1.29 is 14.8 Å². The molecule has 0 aliphatic heterocycles. The molecule has 1 aromatic heterocycles. The largest absolute Gasteiger partial charge is 0.495 e. The summed E-state index contributed by atoms with van der Waals surface area (Å²) in [5.74, 6) is 0.680. The molecule has 0 unspecified atom stereocenters. The molecule has 3 N–H and O–H groups in total. The molecule has 3 rings (SSSR count). The second-order valence-electron chi connectivity index (χ2n) is 6.73. The van der Waals surface area contributed by atoms with Gasteiger partial charge in [0.2, 0.25) is 5.91 Å². The van der Waals surface area contributed by atoms with Crippen LogP contribution in [0.2, 0.25) is 0 Å². The maximum Gasteiger partial charge on any atom is 0.230 e. The maximum atomic E-state index is 12.3. The minimum atomic E-state index is 0.00357. The summed E-state index contributed by atoms with van der Waals surface area (Å²) < 4.78 is 7.45. The molecule has 1 atom stereocenters. The number of carbonyl (C=O) groups excluding carboxylic acids is 1. The summed E-state index contributed by atoms with van der Waals surface area (Å²) in [5.41, 5.74) is 2.91. The molecule has 0 saturated carbocycles. The molecule has 0 bridgehead atoms. The molecule has 1 amide bonds. The molecule has 6 nitrogen and oxygen atoms in total. The quantitative estimate of drug-likeness (QED) is 0.571. The van der Waals surface area contributed by atoms with Gasteiger partial charge < -0.3 is 19.9 Å². The van der Waals surface area contributed by atoms with Gasteiger partial charge in [-0.2, -0.15) is 0 Å². The number of hydrogen-bond donors (Lipinski definition) is 2. The van der Waals surface area contributed by atoms with Gasteiger partial charge in [-0.05, 0) is 31.2 Å². The van der Waals surface area contributed by atoms with Crippen molar-refractivity contribution in [3.05, 3.63) is 54.9 Å². The van der Waals surface area contributed by atoms with E-state index in [9.17, 15) is 4.79 Å². The smallest absolute Gasteiger partial charge is 0.230 e. The fraction of sp³-hybridized carbons (Fsp3) is 0.333. The van der Waals surface area contributed by atoms with Gasteiger partial charge in [0, 0.05) is 13.0 Å². The van der Waals surface area contributed by atoms with Crippen LogP contribution < -0.4 is 15.4 Å². The summed E-state index contributed by atoms with van der Waals surface area (Å²) in [7, 11) is 1.60. The molecule has 0 aliphatic carbocycles. The first-order chi connectivity index (χ1) is 13.2. The highest BCUT2D eigenvalue weighted by Crippen LogP contribution is 2.23. The van der Waals surface area contributed by atoms with Crippen LogP contribution in [0, 0.1) is 0 Å². The molecule has 0 aliphatic rings. The summed E-state index contributed by atoms with van der Waals surface area (Å²) in [4.78, 5) is 16.7. The Morgan fingerprint density at radius 3 is 2.85 bits per heavy atom. The third kappa shape index (κ3) is 5.08. The van der Waals surface area contributed by atoms with E-state index in [1.165, 1.54) is 5.52 Å². The zero-order chi connectivity index (χ0) is 19.1. The Kier molecular flexibility index (Phi) is 6.44. The van der Waals surface area contributed by atoms with E-state index in [0.717, 1.165) is 25.0 Å². The van der Waals surface area contributed by atoms with Crippen molar-refractivity contribution in [2.75, 3.05) is 19.0 Å². The number of methoxy groups -OCH3 is 1. The lowest BCUT2D eigenvalue weighted by molar-refractivity contribution is -0.685. The van der Waals surface area contributed by atoms with E-state index in [1.807, 2.05) is 48.8 Å². The zero-order valence-electron chi connectivity index (χ0n) is 15.9. The second-order valence-corrected chi connectivity index (χ2v) is 6.73. The number of nitrogens with one attached hydrogen (secondary N) is 1.